The molecule has 2 amide bonds. The highest BCUT2D eigenvalue weighted by Crippen LogP contribution is 2.16. The van der Waals surface area contributed by atoms with Gasteiger partial charge in [-0.3, -0.25) is 4.79 Å². The summed E-state index contributed by atoms with van der Waals surface area (Å²) in [5.74, 6) is 0.923. The lowest BCUT2D eigenvalue weighted by Crippen LogP contribution is -2.33. The zero-order valence-electron chi connectivity index (χ0n) is 15.0. The van der Waals surface area contributed by atoms with Gasteiger partial charge in [0.15, 0.2) is 0 Å². The van der Waals surface area contributed by atoms with Crippen LogP contribution in [0.15, 0.2) is 24.3 Å². The van der Waals surface area contributed by atoms with Crippen molar-refractivity contribution in [2.75, 3.05) is 42.4 Å². The van der Waals surface area contributed by atoms with Crippen molar-refractivity contribution in [2.45, 2.75) is 26.4 Å². The predicted octanol–water partition coefficient (Wildman–Crippen LogP) is 2.95. The Morgan fingerprint density at radius 2 is 1.79 bits per heavy atom. The summed E-state index contributed by atoms with van der Waals surface area (Å²) in [6.45, 7) is 5.91. The molecule has 0 saturated carbocycles. The van der Waals surface area contributed by atoms with Crippen LogP contribution in [-0.4, -0.2) is 49.7 Å². The molecule has 0 aromatic heterocycles. The second-order valence-electron chi connectivity index (χ2n) is 6.47. The van der Waals surface area contributed by atoms with E-state index < -0.39 is 11.7 Å². The molecule has 1 aromatic carbocycles. The SMILES string of the molecule is CN(C)c1ccc(NC(=O)CSCCNC(=O)OC(C)(C)C)cc1. The van der Waals surface area contributed by atoms with Crippen molar-refractivity contribution in [3.63, 3.8) is 0 Å². The van der Waals surface area contributed by atoms with Crippen LogP contribution in [0, 0.1) is 0 Å². The molecule has 6 nitrogen and oxygen atoms in total. The van der Waals surface area contributed by atoms with Gasteiger partial charge in [-0.25, -0.2) is 4.79 Å². The average Bonchev–Trinajstić information content (AvgIpc) is 2.45. The first-order chi connectivity index (χ1) is 11.2. The fourth-order valence-corrected chi connectivity index (χ4v) is 2.39. The number of nitrogens with one attached hydrogen (secondary N) is 2. The Morgan fingerprint density at radius 1 is 1.17 bits per heavy atom. The summed E-state index contributed by atoms with van der Waals surface area (Å²) in [6.07, 6.45) is -0.437. The highest BCUT2D eigenvalue weighted by molar-refractivity contribution is 7.99. The molecule has 134 valence electrons. The van der Waals surface area contributed by atoms with Crippen molar-refractivity contribution >= 4 is 35.1 Å². The Labute approximate surface area is 148 Å². The van der Waals surface area contributed by atoms with Crippen molar-refractivity contribution < 1.29 is 14.3 Å². The van der Waals surface area contributed by atoms with Crippen molar-refractivity contribution in [3.8, 4) is 0 Å². The minimum absolute atomic E-state index is 0.0603. The van der Waals surface area contributed by atoms with Crippen LogP contribution in [0.3, 0.4) is 0 Å². The number of amides is 2. The van der Waals surface area contributed by atoms with Gasteiger partial charge in [0.25, 0.3) is 0 Å². The molecule has 0 heterocycles. The molecule has 0 unspecified atom stereocenters. The van der Waals surface area contributed by atoms with Crippen LogP contribution in [0.2, 0.25) is 0 Å². The van der Waals surface area contributed by atoms with Crippen LogP contribution >= 0.6 is 11.8 Å². The van der Waals surface area contributed by atoms with Gasteiger partial charge in [0.05, 0.1) is 5.75 Å². The number of hydrogen-bond donors (Lipinski definition) is 2. The van der Waals surface area contributed by atoms with E-state index in [-0.39, 0.29) is 5.91 Å². The van der Waals surface area contributed by atoms with Gasteiger partial charge in [-0.2, -0.15) is 11.8 Å². The van der Waals surface area contributed by atoms with E-state index in [0.29, 0.717) is 18.1 Å². The van der Waals surface area contributed by atoms with E-state index in [1.807, 2.05) is 64.0 Å². The van der Waals surface area contributed by atoms with E-state index in [1.54, 1.807) is 0 Å². The molecule has 1 rings (SSSR count). The van der Waals surface area contributed by atoms with Crippen LogP contribution < -0.4 is 15.5 Å². The van der Waals surface area contributed by atoms with Gasteiger partial charge in [0, 0.05) is 37.8 Å². The Balaban J connectivity index is 2.19. The van der Waals surface area contributed by atoms with Crippen LogP contribution in [0.25, 0.3) is 0 Å². The maximum atomic E-state index is 11.9. The molecule has 24 heavy (non-hydrogen) atoms. The van der Waals surface area contributed by atoms with Crippen LogP contribution in [0.4, 0.5) is 16.2 Å². The summed E-state index contributed by atoms with van der Waals surface area (Å²) < 4.78 is 5.13. The van der Waals surface area contributed by atoms with Gasteiger partial charge in [-0.1, -0.05) is 0 Å². The Hall–Kier alpha value is -1.89. The largest absolute Gasteiger partial charge is 0.444 e. The van der Waals surface area contributed by atoms with Crippen molar-refractivity contribution in [1.82, 2.24) is 5.32 Å². The maximum absolute atomic E-state index is 11.9. The minimum Gasteiger partial charge on any atom is -0.444 e. The van der Waals surface area contributed by atoms with Gasteiger partial charge < -0.3 is 20.3 Å². The first-order valence-electron chi connectivity index (χ1n) is 7.79. The Bertz CT molecular complexity index is 539. The first kappa shape index (κ1) is 20.2. The molecule has 0 saturated heterocycles. The Kier molecular flexibility index (Phi) is 7.91. The summed E-state index contributed by atoms with van der Waals surface area (Å²) in [5, 5.41) is 5.51. The second-order valence-corrected chi connectivity index (χ2v) is 7.58. The monoisotopic (exact) mass is 353 g/mol. The normalized spacial score (nSPS) is 10.9. The van der Waals surface area contributed by atoms with Crippen LogP contribution in [0.5, 0.6) is 0 Å². The summed E-state index contributed by atoms with van der Waals surface area (Å²) in [6, 6.07) is 7.66. The zero-order chi connectivity index (χ0) is 18.2. The minimum atomic E-state index is -0.501. The number of carbonyl (C=O) groups is 2. The van der Waals surface area contributed by atoms with E-state index in [0.717, 1.165) is 11.4 Å². The number of nitrogens with zero attached hydrogens (tertiary/aromatic N) is 1. The lowest BCUT2D eigenvalue weighted by molar-refractivity contribution is -0.113. The molecular formula is C17H27N3O3S. The highest BCUT2D eigenvalue weighted by atomic mass is 32.2. The fourth-order valence-electron chi connectivity index (χ4n) is 1.74. The number of rotatable bonds is 7. The number of carbonyl (C=O) groups excluding carboxylic acids is 2. The molecule has 1 aromatic rings. The van der Waals surface area contributed by atoms with Gasteiger partial charge in [0.2, 0.25) is 5.91 Å². The highest BCUT2D eigenvalue weighted by Gasteiger charge is 2.15. The standard InChI is InChI=1S/C17H27N3O3S/c1-17(2,3)23-16(22)18-10-11-24-12-15(21)19-13-6-8-14(9-7-13)20(4)5/h6-9H,10-12H2,1-5H3,(H,18,22)(H,19,21). The van der Waals surface area contributed by atoms with Gasteiger partial charge in [0.1, 0.15) is 5.60 Å². The summed E-state index contributed by atoms with van der Waals surface area (Å²) in [4.78, 5) is 25.3. The van der Waals surface area contributed by atoms with E-state index in [1.165, 1.54) is 11.8 Å². The third-order valence-electron chi connectivity index (χ3n) is 2.82. The average molecular weight is 353 g/mol. The zero-order valence-corrected chi connectivity index (χ0v) is 15.8. The van der Waals surface area contributed by atoms with Crippen molar-refractivity contribution in [1.29, 1.82) is 0 Å². The predicted molar refractivity (Wildman–Crippen MR) is 101 cm³/mol. The first-order valence-corrected chi connectivity index (χ1v) is 8.95. The molecule has 0 aliphatic carbocycles. The van der Waals surface area contributed by atoms with E-state index in [9.17, 15) is 9.59 Å². The van der Waals surface area contributed by atoms with E-state index in [2.05, 4.69) is 10.6 Å². The number of thioether (sulfide) groups is 1. The number of ether oxygens (including phenoxy) is 1. The molecule has 0 spiro atoms. The van der Waals surface area contributed by atoms with Gasteiger partial charge >= 0.3 is 6.09 Å². The molecule has 0 atom stereocenters. The fraction of sp³-hybridized carbons (Fsp3) is 0.529. The topological polar surface area (TPSA) is 70.7 Å². The third kappa shape index (κ3) is 8.67. The van der Waals surface area contributed by atoms with Crippen molar-refractivity contribution in [2.24, 2.45) is 0 Å². The molecule has 0 fully saturated rings. The van der Waals surface area contributed by atoms with E-state index in [4.69, 9.17) is 4.74 Å². The molecule has 0 radical (unpaired) electrons. The molecule has 0 bridgehead atoms. The number of alkyl carbamates (subject to hydrolysis) is 1. The van der Waals surface area contributed by atoms with E-state index >= 15 is 0 Å². The summed E-state index contributed by atoms with van der Waals surface area (Å²) in [5.41, 5.74) is 1.35. The Morgan fingerprint density at radius 3 is 2.33 bits per heavy atom. The molecule has 7 heteroatoms. The number of benzene rings is 1. The van der Waals surface area contributed by atoms with Gasteiger partial charge in [-0.05, 0) is 45.0 Å². The molecule has 2 N–H and O–H groups in total. The number of hydrogen-bond acceptors (Lipinski definition) is 5. The summed E-state index contributed by atoms with van der Waals surface area (Å²) in [7, 11) is 3.94. The lowest BCUT2D eigenvalue weighted by atomic mass is 10.2. The number of anilines is 2. The second kappa shape index (κ2) is 9.42. The molecule has 0 aliphatic heterocycles. The lowest BCUT2D eigenvalue weighted by Gasteiger charge is -2.19. The quantitative estimate of drug-likeness (QED) is 0.738. The van der Waals surface area contributed by atoms with Crippen molar-refractivity contribution in [3.05, 3.63) is 24.3 Å². The third-order valence-corrected chi connectivity index (χ3v) is 3.77. The van der Waals surface area contributed by atoms with Crippen LogP contribution in [0.1, 0.15) is 20.8 Å². The summed E-state index contributed by atoms with van der Waals surface area (Å²) >= 11 is 1.46. The smallest absolute Gasteiger partial charge is 0.407 e. The van der Waals surface area contributed by atoms with Crippen LogP contribution in [-0.2, 0) is 9.53 Å². The van der Waals surface area contributed by atoms with Gasteiger partial charge in [-0.15, -0.1) is 0 Å². The molecular weight excluding hydrogens is 326 g/mol. The molecule has 0 aliphatic rings. The maximum Gasteiger partial charge on any atom is 0.407 e.